The average Bonchev–Trinajstić information content (AvgIpc) is 2.37. The lowest BCUT2D eigenvalue weighted by molar-refractivity contribution is 0.463. The molecule has 0 spiro atoms. The number of hydrogen-bond donors (Lipinski definition) is 0. The molecule has 0 nitrogen and oxygen atoms in total. The summed E-state index contributed by atoms with van der Waals surface area (Å²) in [6.45, 7) is 0. The Balaban J connectivity index is 2.56. The summed E-state index contributed by atoms with van der Waals surface area (Å²) >= 11 is 0. The number of halogens is 7. The van der Waals surface area contributed by atoms with Gasteiger partial charge in [-0.3, -0.25) is 0 Å². The van der Waals surface area contributed by atoms with Crippen molar-refractivity contribution in [2.45, 2.75) is 0 Å². The summed E-state index contributed by atoms with van der Waals surface area (Å²) in [6, 6.07) is 0.703. The fourth-order valence-electron chi connectivity index (χ4n) is 1.71. The van der Waals surface area contributed by atoms with E-state index in [4.69, 9.17) is 0 Å². The molecule has 0 N–H and O–H groups in total. The predicted octanol–water partition coefficient (Wildman–Crippen LogP) is 2.05. The van der Waals surface area contributed by atoms with Gasteiger partial charge >= 0.3 is 0 Å². The second-order valence-electron chi connectivity index (χ2n) is 3.98. The van der Waals surface area contributed by atoms with Crippen molar-refractivity contribution in [3.8, 4) is 0 Å². The van der Waals surface area contributed by atoms with Gasteiger partial charge in [0.1, 0.15) is 5.82 Å². The van der Waals surface area contributed by atoms with Crippen molar-refractivity contribution in [1.29, 1.82) is 0 Å². The van der Waals surface area contributed by atoms with E-state index >= 15 is 0 Å². The van der Waals surface area contributed by atoms with Gasteiger partial charge in [-0.1, -0.05) is 0 Å². The van der Waals surface area contributed by atoms with Gasteiger partial charge in [0.2, 0.25) is 7.28 Å². The van der Waals surface area contributed by atoms with Crippen LogP contribution in [0.15, 0.2) is 18.2 Å². The van der Waals surface area contributed by atoms with E-state index in [1.807, 2.05) is 0 Å². The number of benzene rings is 2. The zero-order chi connectivity index (χ0) is 15.0. The Labute approximate surface area is 109 Å². The van der Waals surface area contributed by atoms with E-state index in [1.54, 1.807) is 0 Å². The minimum absolute atomic E-state index is 0.0172. The first-order valence-electron chi connectivity index (χ1n) is 5.26. The highest BCUT2D eigenvalue weighted by atomic mass is 19.2. The Morgan fingerprint density at radius 3 is 1.65 bits per heavy atom. The van der Waals surface area contributed by atoms with Gasteiger partial charge in [0, 0.05) is 12.1 Å². The van der Waals surface area contributed by atoms with E-state index in [-0.39, 0.29) is 12.1 Å². The maximum atomic E-state index is 13.4. The summed E-state index contributed by atoms with van der Waals surface area (Å²) in [6.07, 6.45) is 0. The smallest absolute Gasteiger partial charge is 0.204 e. The quantitative estimate of drug-likeness (QED) is 0.451. The van der Waals surface area contributed by atoms with Crippen LogP contribution in [0.25, 0.3) is 0 Å². The molecule has 0 saturated carbocycles. The van der Waals surface area contributed by atoms with Crippen molar-refractivity contribution in [2.24, 2.45) is 0 Å². The molecule has 0 radical (unpaired) electrons. The fraction of sp³-hybridized carbons (Fsp3) is 0. The molecule has 2 aromatic rings. The Morgan fingerprint density at radius 2 is 1.10 bits per heavy atom. The van der Waals surface area contributed by atoms with Crippen molar-refractivity contribution in [3.05, 3.63) is 58.9 Å². The molecule has 0 aliphatic carbocycles. The third kappa shape index (κ3) is 2.50. The van der Waals surface area contributed by atoms with Crippen molar-refractivity contribution >= 4 is 18.2 Å². The lowest BCUT2D eigenvalue weighted by atomic mass is 9.63. The molecule has 2 rings (SSSR count). The first-order valence-corrected chi connectivity index (χ1v) is 5.26. The maximum Gasteiger partial charge on any atom is 0.204 e. The summed E-state index contributed by atoms with van der Waals surface area (Å²) in [5.41, 5.74) is -1.91. The van der Waals surface area contributed by atoms with Crippen LogP contribution in [0.1, 0.15) is 0 Å². The van der Waals surface area contributed by atoms with Gasteiger partial charge in [0.05, 0.1) is 0 Å². The average molecular weight is 292 g/mol. The molecule has 8 heteroatoms. The molecule has 104 valence electrons. The summed E-state index contributed by atoms with van der Waals surface area (Å²) < 4.78 is 91.9. The van der Waals surface area contributed by atoms with Gasteiger partial charge in [-0.2, -0.15) is 0 Å². The molecule has 0 amide bonds. The minimum Gasteiger partial charge on any atom is -0.207 e. The van der Waals surface area contributed by atoms with E-state index in [0.29, 0.717) is 6.07 Å². The summed E-state index contributed by atoms with van der Waals surface area (Å²) in [7, 11) is -1.03. The molecule has 20 heavy (non-hydrogen) atoms. The Kier molecular flexibility index (Phi) is 3.74. The largest absolute Gasteiger partial charge is 0.207 e. The summed E-state index contributed by atoms with van der Waals surface area (Å²) in [4.78, 5) is 0. The second-order valence-corrected chi connectivity index (χ2v) is 3.98. The zero-order valence-electron chi connectivity index (χ0n) is 9.58. The van der Waals surface area contributed by atoms with Crippen molar-refractivity contribution in [2.75, 3.05) is 0 Å². The highest BCUT2D eigenvalue weighted by Crippen LogP contribution is 2.11. The third-order valence-corrected chi connectivity index (χ3v) is 2.64. The van der Waals surface area contributed by atoms with Crippen molar-refractivity contribution < 1.29 is 30.7 Å². The molecule has 0 aliphatic rings. The maximum absolute atomic E-state index is 13.4. The first kappa shape index (κ1) is 14.4. The van der Waals surface area contributed by atoms with Crippen LogP contribution in [0.5, 0.6) is 0 Å². The molecule has 0 atom stereocenters. The Bertz CT molecular complexity index is 658. The highest BCUT2D eigenvalue weighted by Gasteiger charge is 2.22. The highest BCUT2D eigenvalue weighted by molar-refractivity contribution is 6.67. The Hall–Kier alpha value is -1.99. The van der Waals surface area contributed by atoms with E-state index < -0.39 is 58.9 Å². The lowest BCUT2D eigenvalue weighted by Crippen LogP contribution is -2.36. The molecule has 0 heterocycles. The van der Waals surface area contributed by atoms with Crippen molar-refractivity contribution in [3.63, 3.8) is 0 Å². The summed E-state index contributed by atoms with van der Waals surface area (Å²) in [5, 5.41) is 0. The van der Waals surface area contributed by atoms with Gasteiger partial charge in [-0.25, -0.2) is 30.7 Å². The minimum atomic E-state index is -1.74. The van der Waals surface area contributed by atoms with Crippen LogP contribution in [0.2, 0.25) is 0 Å². The van der Waals surface area contributed by atoms with E-state index in [9.17, 15) is 30.7 Å². The topological polar surface area (TPSA) is 0 Å². The van der Waals surface area contributed by atoms with E-state index in [0.717, 1.165) is 0 Å². The normalized spacial score (nSPS) is 10.8. The fourth-order valence-corrected chi connectivity index (χ4v) is 1.71. The predicted molar refractivity (Wildman–Crippen MR) is 59.0 cm³/mol. The molecular formula is C12H4BF7. The molecule has 0 fully saturated rings. The first-order chi connectivity index (χ1) is 9.31. The molecule has 0 aliphatic heterocycles. The second kappa shape index (κ2) is 5.18. The van der Waals surface area contributed by atoms with Gasteiger partial charge in [-0.15, -0.1) is 0 Å². The molecule has 0 saturated heterocycles. The van der Waals surface area contributed by atoms with E-state index in [1.165, 1.54) is 0 Å². The van der Waals surface area contributed by atoms with Gasteiger partial charge in [0.25, 0.3) is 0 Å². The molecule has 0 unspecified atom stereocenters. The number of hydrogen-bond acceptors (Lipinski definition) is 0. The molecule has 2 aromatic carbocycles. The van der Waals surface area contributed by atoms with Crippen LogP contribution in [0.4, 0.5) is 30.7 Å². The molecule has 0 bridgehead atoms. The standard InChI is InChI=1S/C12H4BF7/c14-4-1-5(10(18)6(15)2-4)13-9-11(19)7(16)3-8(17)12(9)20/h1-3,13H. The monoisotopic (exact) mass is 292 g/mol. The molecular weight excluding hydrogens is 288 g/mol. The Morgan fingerprint density at radius 1 is 0.600 bits per heavy atom. The van der Waals surface area contributed by atoms with Crippen LogP contribution in [-0.2, 0) is 0 Å². The van der Waals surface area contributed by atoms with Gasteiger partial charge < -0.3 is 0 Å². The van der Waals surface area contributed by atoms with Crippen LogP contribution in [0.3, 0.4) is 0 Å². The van der Waals surface area contributed by atoms with Crippen LogP contribution >= 0.6 is 0 Å². The van der Waals surface area contributed by atoms with Crippen LogP contribution < -0.4 is 10.9 Å². The summed E-state index contributed by atoms with van der Waals surface area (Å²) in [5.74, 6) is -11.2. The number of rotatable bonds is 2. The zero-order valence-corrected chi connectivity index (χ0v) is 9.58. The third-order valence-electron chi connectivity index (χ3n) is 2.64. The van der Waals surface area contributed by atoms with Crippen molar-refractivity contribution in [1.82, 2.24) is 0 Å². The SMILES string of the molecule is Fc1cc(F)c(F)c(Bc2c(F)c(F)cc(F)c2F)c1. The van der Waals surface area contributed by atoms with Gasteiger partial charge in [0.15, 0.2) is 34.9 Å². The molecule has 0 aromatic heterocycles. The van der Waals surface area contributed by atoms with Gasteiger partial charge in [-0.05, 0) is 17.0 Å². The van der Waals surface area contributed by atoms with Crippen LogP contribution in [-0.4, -0.2) is 7.28 Å². The van der Waals surface area contributed by atoms with Crippen LogP contribution in [0, 0.1) is 40.7 Å². The van der Waals surface area contributed by atoms with E-state index in [2.05, 4.69) is 0 Å². The lowest BCUT2D eigenvalue weighted by Gasteiger charge is -2.07.